The van der Waals surface area contributed by atoms with E-state index in [0.29, 0.717) is 4.53 Å². The van der Waals surface area contributed by atoms with E-state index in [1.807, 2.05) is 53.1 Å². The maximum absolute atomic E-state index is 13.7. The quantitative estimate of drug-likeness (QED) is 0.466. The van der Waals surface area contributed by atoms with Crippen LogP contribution >= 0.6 is 11.3 Å². The molecule has 0 bridgehead atoms. The molecule has 0 spiro atoms. The summed E-state index contributed by atoms with van der Waals surface area (Å²) in [6, 6.07) is 26.3. The van der Waals surface area contributed by atoms with E-state index in [-0.39, 0.29) is 11.6 Å². The van der Waals surface area contributed by atoms with Crippen molar-refractivity contribution in [1.29, 1.82) is 0 Å². The zero-order valence-electron chi connectivity index (χ0n) is 18.2. The second-order valence-electron chi connectivity index (χ2n) is 8.30. The van der Waals surface area contributed by atoms with Gasteiger partial charge in [0, 0.05) is 5.56 Å². The first-order chi connectivity index (χ1) is 16.2. The first-order valence-corrected chi connectivity index (χ1v) is 11.9. The molecule has 1 aliphatic heterocycles. The molecule has 2 heterocycles. The van der Waals surface area contributed by atoms with Crippen LogP contribution < -0.4 is 19.6 Å². The molecule has 5 heteroatoms. The molecule has 0 radical (unpaired) electrons. The number of hydrogen-bond donors (Lipinski definition) is 0. The van der Waals surface area contributed by atoms with Gasteiger partial charge >= 0.3 is 0 Å². The van der Waals surface area contributed by atoms with Crippen molar-refractivity contribution >= 4 is 23.1 Å². The third kappa shape index (κ3) is 3.36. The van der Waals surface area contributed by atoms with Crippen LogP contribution in [0.3, 0.4) is 0 Å². The highest BCUT2D eigenvalue weighted by atomic mass is 32.1. The van der Waals surface area contributed by atoms with E-state index in [0.717, 1.165) is 40.2 Å². The van der Waals surface area contributed by atoms with Crippen molar-refractivity contribution in [2.75, 3.05) is 7.11 Å². The van der Waals surface area contributed by atoms with Gasteiger partial charge < -0.3 is 4.74 Å². The van der Waals surface area contributed by atoms with Gasteiger partial charge in [-0.3, -0.25) is 9.36 Å². The minimum absolute atomic E-state index is 0.00818. The lowest BCUT2D eigenvalue weighted by Gasteiger charge is -2.30. The first kappa shape index (κ1) is 19.9. The number of ether oxygens (including phenoxy) is 1. The van der Waals surface area contributed by atoms with Gasteiger partial charge in [0.15, 0.2) is 4.80 Å². The largest absolute Gasteiger partial charge is 0.497 e. The zero-order valence-corrected chi connectivity index (χ0v) is 19.0. The van der Waals surface area contributed by atoms with Crippen molar-refractivity contribution in [1.82, 2.24) is 4.57 Å². The summed E-state index contributed by atoms with van der Waals surface area (Å²) < 4.78 is 7.95. The minimum atomic E-state index is -0.173. The maximum atomic E-state index is 13.7. The third-order valence-corrected chi connectivity index (χ3v) is 7.38. The average Bonchev–Trinajstić information content (AvgIpc) is 3.18. The predicted molar refractivity (Wildman–Crippen MR) is 132 cm³/mol. The van der Waals surface area contributed by atoms with Gasteiger partial charge in [-0.05, 0) is 53.3 Å². The van der Waals surface area contributed by atoms with E-state index in [1.54, 1.807) is 7.11 Å². The molecular formula is C28H22N2O2S. The number of hydrogen-bond acceptors (Lipinski definition) is 4. The molecule has 0 saturated heterocycles. The molecule has 2 aliphatic rings. The molecular weight excluding hydrogens is 428 g/mol. The zero-order chi connectivity index (χ0) is 22.4. The Labute approximate surface area is 195 Å². The molecule has 4 aromatic rings. The van der Waals surface area contributed by atoms with E-state index in [9.17, 15) is 4.79 Å². The van der Waals surface area contributed by atoms with E-state index in [4.69, 9.17) is 9.73 Å². The first-order valence-electron chi connectivity index (χ1n) is 11.0. The van der Waals surface area contributed by atoms with Gasteiger partial charge in [0.05, 0.1) is 23.4 Å². The van der Waals surface area contributed by atoms with Crippen LogP contribution in [0.1, 0.15) is 34.7 Å². The van der Waals surface area contributed by atoms with Crippen LogP contribution in [0.25, 0.3) is 11.8 Å². The number of allylic oxidation sites excluding steroid dienone is 1. The summed E-state index contributed by atoms with van der Waals surface area (Å²) in [5.74, 6) is 0.804. The highest BCUT2D eigenvalue weighted by Crippen LogP contribution is 2.41. The summed E-state index contributed by atoms with van der Waals surface area (Å²) in [5, 5.41) is 0. The second-order valence-corrected chi connectivity index (χ2v) is 9.31. The topological polar surface area (TPSA) is 43.6 Å². The van der Waals surface area contributed by atoms with Gasteiger partial charge in [-0.2, -0.15) is 0 Å². The number of aromatic nitrogens is 1. The number of aryl methyl sites for hydroxylation is 1. The van der Waals surface area contributed by atoms with Gasteiger partial charge in [0.2, 0.25) is 0 Å². The molecule has 4 nitrogen and oxygen atoms in total. The number of nitrogens with zero attached hydrogens (tertiary/aromatic N) is 2. The van der Waals surface area contributed by atoms with Crippen molar-refractivity contribution < 1.29 is 4.74 Å². The average molecular weight is 451 g/mol. The Hall–Kier alpha value is -3.70. The Kier molecular flexibility index (Phi) is 4.84. The third-order valence-electron chi connectivity index (χ3n) is 6.40. The Balaban J connectivity index is 1.62. The molecule has 0 amide bonds. The molecule has 33 heavy (non-hydrogen) atoms. The molecule has 0 saturated carbocycles. The fraction of sp³-hybridized carbons (Fsp3) is 0.143. The normalized spacial score (nSPS) is 17.1. The van der Waals surface area contributed by atoms with E-state index in [2.05, 4.69) is 36.4 Å². The van der Waals surface area contributed by atoms with Crippen molar-refractivity contribution in [3.63, 3.8) is 0 Å². The van der Waals surface area contributed by atoms with Gasteiger partial charge in [0.25, 0.3) is 5.56 Å². The fourth-order valence-corrected chi connectivity index (χ4v) is 5.81. The molecule has 0 unspecified atom stereocenters. The summed E-state index contributed by atoms with van der Waals surface area (Å²) in [7, 11) is 1.67. The van der Waals surface area contributed by atoms with E-state index < -0.39 is 0 Å². The van der Waals surface area contributed by atoms with Crippen molar-refractivity contribution in [2.24, 2.45) is 4.99 Å². The smallest absolute Gasteiger partial charge is 0.271 e. The molecule has 1 aromatic heterocycles. The Morgan fingerprint density at radius 3 is 2.52 bits per heavy atom. The van der Waals surface area contributed by atoms with Gasteiger partial charge in [-0.15, -0.1) is 0 Å². The van der Waals surface area contributed by atoms with Crippen molar-refractivity contribution in [3.05, 3.63) is 126 Å². The SMILES string of the molecule is COc1ccc([C@H]2C3=C(N=c4s/c(=C\c5ccccc5)c(=O)n42)c2ccccc2CC3)cc1. The number of fused-ring (bicyclic) bond motifs is 3. The van der Waals surface area contributed by atoms with Gasteiger partial charge in [-0.1, -0.05) is 78.1 Å². The fourth-order valence-electron chi connectivity index (χ4n) is 4.81. The Morgan fingerprint density at radius 2 is 1.73 bits per heavy atom. The molecule has 0 N–H and O–H groups in total. The van der Waals surface area contributed by atoms with E-state index in [1.165, 1.54) is 28.0 Å². The molecule has 1 aliphatic carbocycles. The lowest BCUT2D eigenvalue weighted by molar-refractivity contribution is 0.414. The van der Waals surface area contributed by atoms with Crippen LogP contribution in [0.15, 0.2) is 94.2 Å². The summed E-state index contributed by atoms with van der Waals surface area (Å²) in [5.41, 5.74) is 6.81. The maximum Gasteiger partial charge on any atom is 0.271 e. The van der Waals surface area contributed by atoms with Crippen LogP contribution in [0, 0.1) is 0 Å². The Bertz CT molecular complexity index is 1560. The molecule has 0 fully saturated rings. The standard InChI is InChI=1S/C28H22N2O2S/c1-32-21-14-11-20(12-15-21)26-23-16-13-19-9-5-6-10-22(19)25(23)29-28-30(26)27(31)24(33-28)17-18-7-3-2-4-8-18/h2-12,14-15,17,26H,13,16H2,1H3/b24-17-/t26-/m0/s1. The Morgan fingerprint density at radius 1 is 0.970 bits per heavy atom. The molecule has 3 aromatic carbocycles. The van der Waals surface area contributed by atoms with Crippen LogP contribution in [-0.2, 0) is 6.42 Å². The summed E-state index contributed by atoms with van der Waals surface area (Å²) in [6.45, 7) is 0. The summed E-state index contributed by atoms with van der Waals surface area (Å²) in [6.07, 6.45) is 3.80. The lowest BCUT2D eigenvalue weighted by atomic mass is 9.83. The predicted octanol–water partition coefficient (Wildman–Crippen LogP) is 4.33. The van der Waals surface area contributed by atoms with Crippen LogP contribution in [-0.4, -0.2) is 11.7 Å². The lowest BCUT2D eigenvalue weighted by Crippen LogP contribution is -2.38. The number of rotatable bonds is 3. The van der Waals surface area contributed by atoms with Gasteiger partial charge in [-0.25, -0.2) is 4.99 Å². The van der Waals surface area contributed by atoms with Gasteiger partial charge in [0.1, 0.15) is 5.75 Å². The van der Waals surface area contributed by atoms with Crippen molar-refractivity contribution in [2.45, 2.75) is 18.9 Å². The van der Waals surface area contributed by atoms with Crippen LogP contribution in [0.5, 0.6) is 5.75 Å². The number of benzene rings is 3. The molecule has 162 valence electrons. The van der Waals surface area contributed by atoms with E-state index >= 15 is 0 Å². The summed E-state index contributed by atoms with van der Waals surface area (Å²) in [4.78, 5) is 19.5. The highest BCUT2D eigenvalue weighted by Gasteiger charge is 2.32. The van der Waals surface area contributed by atoms with Crippen molar-refractivity contribution in [3.8, 4) is 5.75 Å². The molecule has 1 atom stereocenters. The molecule has 6 rings (SSSR count). The highest BCUT2D eigenvalue weighted by molar-refractivity contribution is 7.07. The monoisotopic (exact) mass is 450 g/mol. The van der Waals surface area contributed by atoms with Crippen LogP contribution in [0.4, 0.5) is 0 Å². The number of thiazole rings is 1. The minimum Gasteiger partial charge on any atom is -0.497 e. The summed E-state index contributed by atoms with van der Waals surface area (Å²) >= 11 is 1.46. The second kappa shape index (κ2) is 8.01. The van der Waals surface area contributed by atoms with Crippen LogP contribution in [0.2, 0.25) is 0 Å². The number of methoxy groups -OCH3 is 1.